The molecule has 0 saturated carbocycles. The fourth-order valence-corrected chi connectivity index (χ4v) is 2.23. The Morgan fingerprint density at radius 1 is 1.00 bits per heavy atom. The molecule has 1 N–H and O–H groups in total. The predicted molar refractivity (Wildman–Crippen MR) is 76.6 cm³/mol. The minimum atomic E-state index is -0.793. The van der Waals surface area contributed by atoms with Gasteiger partial charge in [-0.1, -0.05) is 48.5 Å². The van der Waals surface area contributed by atoms with Gasteiger partial charge in [0.2, 0.25) is 0 Å². The van der Waals surface area contributed by atoms with Crippen LogP contribution in [0.3, 0.4) is 0 Å². The van der Waals surface area contributed by atoms with Crippen molar-refractivity contribution in [3.63, 3.8) is 0 Å². The molecule has 20 heavy (non-hydrogen) atoms. The summed E-state index contributed by atoms with van der Waals surface area (Å²) in [4.78, 5) is 0. The van der Waals surface area contributed by atoms with E-state index in [2.05, 4.69) is 10.2 Å². The van der Waals surface area contributed by atoms with Crippen LogP contribution in [0.2, 0.25) is 0 Å². The Labute approximate surface area is 117 Å². The van der Waals surface area contributed by atoms with Crippen LogP contribution in [0.4, 0.5) is 0 Å². The summed E-state index contributed by atoms with van der Waals surface area (Å²) in [7, 11) is 0. The number of rotatable bonds is 3. The predicted octanol–water partition coefficient (Wildman–Crippen LogP) is 2.66. The highest BCUT2D eigenvalue weighted by Gasteiger charge is 2.18. The van der Waals surface area contributed by atoms with Crippen molar-refractivity contribution in [2.45, 2.75) is 13.0 Å². The van der Waals surface area contributed by atoms with E-state index in [9.17, 15) is 5.11 Å². The van der Waals surface area contributed by atoms with Crippen molar-refractivity contribution in [1.82, 2.24) is 14.8 Å². The molecule has 4 nitrogen and oxygen atoms in total. The highest BCUT2D eigenvalue weighted by Crippen LogP contribution is 2.23. The molecule has 0 aliphatic rings. The summed E-state index contributed by atoms with van der Waals surface area (Å²) < 4.78 is 1.83. The number of aliphatic hydroxyl groups excluding tert-OH is 1. The van der Waals surface area contributed by atoms with E-state index in [0.29, 0.717) is 5.82 Å². The minimum absolute atomic E-state index is 0.519. The van der Waals surface area contributed by atoms with Gasteiger partial charge in [-0.3, -0.25) is 4.57 Å². The monoisotopic (exact) mass is 265 g/mol. The number of hydrogen-bond acceptors (Lipinski definition) is 3. The van der Waals surface area contributed by atoms with Gasteiger partial charge in [-0.2, -0.15) is 0 Å². The van der Waals surface area contributed by atoms with E-state index in [-0.39, 0.29) is 0 Å². The minimum Gasteiger partial charge on any atom is -0.380 e. The van der Waals surface area contributed by atoms with Crippen LogP contribution in [0.5, 0.6) is 0 Å². The van der Waals surface area contributed by atoms with E-state index < -0.39 is 6.10 Å². The third-order valence-corrected chi connectivity index (χ3v) is 3.31. The summed E-state index contributed by atoms with van der Waals surface area (Å²) in [5, 5.41) is 18.5. The Balaban J connectivity index is 2.05. The van der Waals surface area contributed by atoms with E-state index in [1.807, 2.05) is 66.1 Å². The first kappa shape index (κ1) is 12.6. The van der Waals surface area contributed by atoms with Crippen LogP contribution in [0, 0.1) is 6.92 Å². The summed E-state index contributed by atoms with van der Waals surface area (Å²) in [6.45, 7) is 2.02. The number of benzene rings is 2. The molecule has 0 aliphatic heterocycles. The van der Waals surface area contributed by atoms with Gasteiger partial charge in [0.05, 0.1) is 5.69 Å². The summed E-state index contributed by atoms with van der Waals surface area (Å²) in [5.74, 6) is 0.519. The first-order valence-electron chi connectivity index (χ1n) is 6.46. The molecule has 1 atom stereocenters. The lowest BCUT2D eigenvalue weighted by Crippen LogP contribution is -2.09. The average molecular weight is 265 g/mol. The topological polar surface area (TPSA) is 50.9 Å². The van der Waals surface area contributed by atoms with Gasteiger partial charge in [0.15, 0.2) is 5.82 Å². The molecular weight excluding hydrogens is 250 g/mol. The zero-order valence-electron chi connectivity index (χ0n) is 11.1. The Kier molecular flexibility index (Phi) is 3.31. The second kappa shape index (κ2) is 5.27. The zero-order chi connectivity index (χ0) is 13.9. The summed E-state index contributed by atoms with van der Waals surface area (Å²) in [6, 6.07) is 17.4. The van der Waals surface area contributed by atoms with Crippen LogP contribution in [0.1, 0.15) is 23.1 Å². The van der Waals surface area contributed by atoms with Gasteiger partial charge in [-0.15, -0.1) is 10.2 Å². The van der Waals surface area contributed by atoms with Crippen LogP contribution in [-0.4, -0.2) is 19.9 Å². The summed E-state index contributed by atoms with van der Waals surface area (Å²) >= 11 is 0. The standard InChI is InChI=1S/C16H15N3O/c1-12-7-5-6-10-14(12)19-11-17-18-16(19)15(20)13-8-3-2-4-9-13/h2-11,15,20H,1H3. The number of aromatic nitrogens is 3. The molecule has 100 valence electrons. The molecule has 0 bridgehead atoms. The maximum absolute atomic E-state index is 10.5. The lowest BCUT2D eigenvalue weighted by Gasteiger charge is -2.14. The normalized spacial score (nSPS) is 12.3. The van der Waals surface area contributed by atoms with Crippen molar-refractivity contribution < 1.29 is 5.11 Å². The average Bonchev–Trinajstić information content (AvgIpc) is 2.97. The Morgan fingerprint density at radius 3 is 2.45 bits per heavy atom. The van der Waals surface area contributed by atoms with Crippen molar-refractivity contribution in [2.75, 3.05) is 0 Å². The largest absolute Gasteiger partial charge is 0.380 e. The highest BCUT2D eigenvalue weighted by atomic mass is 16.3. The molecule has 1 aromatic heterocycles. The number of para-hydroxylation sites is 1. The summed E-state index contributed by atoms with van der Waals surface area (Å²) in [6.07, 6.45) is 0.836. The van der Waals surface area contributed by atoms with Gasteiger partial charge >= 0.3 is 0 Å². The number of nitrogens with zero attached hydrogens (tertiary/aromatic N) is 3. The molecule has 0 amide bonds. The molecule has 3 rings (SSSR count). The Bertz CT molecular complexity index is 707. The van der Waals surface area contributed by atoms with Gasteiger partial charge in [-0.25, -0.2) is 0 Å². The second-order valence-electron chi connectivity index (χ2n) is 4.66. The van der Waals surface area contributed by atoms with E-state index >= 15 is 0 Å². The van der Waals surface area contributed by atoms with Crippen molar-refractivity contribution in [2.24, 2.45) is 0 Å². The molecule has 2 aromatic carbocycles. The van der Waals surface area contributed by atoms with E-state index in [1.54, 1.807) is 6.33 Å². The van der Waals surface area contributed by atoms with Crippen LogP contribution < -0.4 is 0 Å². The SMILES string of the molecule is Cc1ccccc1-n1cnnc1C(O)c1ccccc1. The molecular formula is C16H15N3O. The van der Waals surface area contributed by atoms with E-state index in [0.717, 1.165) is 16.8 Å². The van der Waals surface area contributed by atoms with Gasteiger partial charge in [0, 0.05) is 0 Å². The van der Waals surface area contributed by atoms with Gasteiger partial charge in [0.1, 0.15) is 12.4 Å². The maximum Gasteiger partial charge on any atom is 0.170 e. The molecule has 0 spiro atoms. The number of aryl methyl sites for hydroxylation is 1. The number of aliphatic hydroxyl groups is 1. The van der Waals surface area contributed by atoms with E-state index in [1.165, 1.54) is 0 Å². The van der Waals surface area contributed by atoms with Crippen LogP contribution in [0.15, 0.2) is 60.9 Å². The number of hydrogen-bond donors (Lipinski definition) is 1. The lowest BCUT2D eigenvalue weighted by atomic mass is 10.1. The molecule has 1 unspecified atom stereocenters. The Morgan fingerprint density at radius 2 is 1.70 bits per heavy atom. The maximum atomic E-state index is 10.5. The lowest BCUT2D eigenvalue weighted by molar-refractivity contribution is 0.207. The second-order valence-corrected chi connectivity index (χ2v) is 4.66. The van der Waals surface area contributed by atoms with Crippen molar-refractivity contribution in [3.05, 3.63) is 77.9 Å². The quantitative estimate of drug-likeness (QED) is 0.792. The highest BCUT2D eigenvalue weighted by molar-refractivity contribution is 5.41. The van der Waals surface area contributed by atoms with Gasteiger partial charge < -0.3 is 5.11 Å². The fraction of sp³-hybridized carbons (Fsp3) is 0.125. The third kappa shape index (κ3) is 2.21. The summed E-state index contributed by atoms with van der Waals surface area (Å²) in [5.41, 5.74) is 2.88. The van der Waals surface area contributed by atoms with Crippen LogP contribution >= 0.6 is 0 Å². The molecule has 1 heterocycles. The first-order chi connectivity index (χ1) is 9.77. The van der Waals surface area contributed by atoms with Gasteiger partial charge in [0.25, 0.3) is 0 Å². The van der Waals surface area contributed by atoms with Crippen LogP contribution in [0.25, 0.3) is 5.69 Å². The van der Waals surface area contributed by atoms with Gasteiger partial charge in [-0.05, 0) is 24.1 Å². The molecule has 3 aromatic rings. The van der Waals surface area contributed by atoms with E-state index in [4.69, 9.17) is 0 Å². The zero-order valence-corrected chi connectivity index (χ0v) is 11.1. The molecule has 0 saturated heterocycles. The molecule has 0 radical (unpaired) electrons. The fourth-order valence-electron chi connectivity index (χ4n) is 2.23. The van der Waals surface area contributed by atoms with Crippen molar-refractivity contribution >= 4 is 0 Å². The molecule has 0 aliphatic carbocycles. The van der Waals surface area contributed by atoms with Crippen LogP contribution in [-0.2, 0) is 0 Å². The third-order valence-electron chi connectivity index (χ3n) is 3.31. The smallest absolute Gasteiger partial charge is 0.170 e. The van der Waals surface area contributed by atoms with Crippen molar-refractivity contribution in [3.8, 4) is 5.69 Å². The van der Waals surface area contributed by atoms with Crippen molar-refractivity contribution in [1.29, 1.82) is 0 Å². The molecule has 4 heteroatoms. The first-order valence-corrected chi connectivity index (χ1v) is 6.46. The molecule has 0 fully saturated rings. The Hall–Kier alpha value is -2.46.